The van der Waals surface area contributed by atoms with E-state index >= 15 is 0 Å². The molecule has 3 rings (SSSR count). The molecule has 4 nitrogen and oxygen atoms in total. The molecule has 0 aromatic carbocycles. The van der Waals surface area contributed by atoms with Crippen LogP contribution in [-0.2, 0) is 19.1 Å². The number of alkyl halides is 3. The van der Waals surface area contributed by atoms with Crippen molar-refractivity contribution in [2.45, 2.75) is 71.8 Å². The lowest BCUT2D eigenvalue weighted by molar-refractivity contribution is -0.231. The number of carbonyl (C=O) groups excluding carboxylic acids is 2. The van der Waals surface area contributed by atoms with Crippen molar-refractivity contribution in [1.29, 1.82) is 0 Å². The van der Waals surface area contributed by atoms with Crippen molar-refractivity contribution >= 4 is 11.9 Å². The maximum Gasteiger partial charge on any atom is 0.405 e. The molecule has 142 valence electrons. The van der Waals surface area contributed by atoms with E-state index in [4.69, 9.17) is 9.47 Å². The first-order valence-electron chi connectivity index (χ1n) is 8.95. The van der Waals surface area contributed by atoms with Gasteiger partial charge in [-0.25, -0.2) is 0 Å². The van der Waals surface area contributed by atoms with E-state index < -0.39 is 53.0 Å². The molecule has 2 saturated carbocycles. The molecule has 6 unspecified atom stereocenters. The third kappa shape index (κ3) is 2.48. The summed E-state index contributed by atoms with van der Waals surface area (Å²) >= 11 is 0. The van der Waals surface area contributed by atoms with Crippen molar-refractivity contribution in [3.8, 4) is 0 Å². The Labute approximate surface area is 145 Å². The smallest absolute Gasteiger partial charge is 0.405 e. The number of hydrogen-bond donors (Lipinski definition) is 0. The van der Waals surface area contributed by atoms with Gasteiger partial charge >= 0.3 is 18.1 Å². The first-order valence-corrected chi connectivity index (χ1v) is 8.95. The molecule has 25 heavy (non-hydrogen) atoms. The zero-order valence-corrected chi connectivity index (χ0v) is 15.0. The van der Waals surface area contributed by atoms with E-state index in [1.807, 2.05) is 27.7 Å². The molecule has 2 bridgehead atoms. The van der Waals surface area contributed by atoms with E-state index in [1.165, 1.54) is 0 Å². The van der Waals surface area contributed by atoms with Gasteiger partial charge in [0.25, 0.3) is 0 Å². The van der Waals surface area contributed by atoms with Crippen LogP contribution in [0.1, 0.15) is 53.4 Å². The molecular weight excluding hydrogens is 337 g/mol. The summed E-state index contributed by atoms with van der Waals surface area (Å²) in [7, 11) is 0. The Morgan fingerprint density at radius 3 is 2.56 bits per heavy atom. The third-order valence-corrected chi connectivity index (χ3v) is 6.45. The average Bonchev–Trinajstić information content (AvgIpc) is 3.08. The summed E-state index contributed by atoms with van der Waals surface area (Å²) in [6.45, 7) is 7.74. The molecule has 0 radical (unpaired) electrons. The van der Waals surface area contributed by atoms with Gasteiger partial charge in [-0.15, -0.1) is 0 Å². The predicted molar refractivity (Wildman–Crippen MR) is 82.3 cm³/mol. The summed E-state index contributed by atoms with van der Waals surface area (Å²) in [5, 5.41) is 0. The normalized spacial score (nSPS) is 38.8. The van der Waals surface area contributed by atoms with Gasteiger partial charge in [0.1, 0.15) is 12.2 Å². The molecule has 7 heteroatoms. The fourth-order valence-corrected chi connectivity index (χ4v) is 5.09. The van der Waals surface area contributed by atoms with Crippen LogP contribution in [0.4, 0.5) is 13.2 Å². The second-order valence-electron chi connectivity index (χ2n) is 8.53. The van der Waals surface area contributed by atoms with Gasteiger partial charge in [-0.1, -0.05) is 20.8 Å². The minimum absolute atomic E-state index is 0.223. The number of hydrogen-bond acceptors (Lipinski definition) is 4. The van der Waals surface area contributed by atoms with E-state index in [0.29, 0.717) is 18.8 Å². The predicted octanol–water partition coefficient (Wildman–Crippen LogP) is 3.87. The van der Waals surface area contributed by atoms with Crippen molar-refractivity contribution in [2.75, 3.05) is 0 Å². The van der Waals surface area contributed by atoms with Gasteiger partial charge in [-0.3, -0.25) is 9.59 Å². The number of halogens is 3. The van der Waals surface area contributed by atoms with Crippen LogP contribution in [0, 0.1) is 28.6 Å². The van der Waals surface area contributed by atoms with Crippen LogP contribution in [0.3, 0.4) is 0 Å². The lowest BCUT2D eigenvalue weighted by atomic mass is 9.72. The summed E-state index contributed by atoms with van der Waals surface area (Å²) < 4.78 is 51.3. The second-order valence-corrected chi connectivity index (χ2v) is 8.53. The molecule has 3 aliphatic rings. The summed E-state index contributed by atoms with van der Waals surface area (Å²) in [5.41, 5.74) is -3.07. The Morgan fingerprint density at radius 1 is 1.40 bits per heavy atom. The highest BCUT2D eigenvalue weighted by molar-refractivity contribution is 5.83. The van der Waals surface area contributed by atoms with Gasteiger partial charge in [-0.2, -0.15) is 13.2 Å². The first kappa shape index (κ1) is 18.5. The van der Waals surface area contributed by atoms with Crippen LogP contribution in [0.25, 0.3) is 0 Å². The molecular formula is C18H25F3O4. The van der Waals surface area contributed by atoms with E-state index in [1.54, 1.807) is 0 Å². The van der Waals surface area contributed by atoms with Crippen molar-refractivity contribution in [2.24, 2.45) is 28.6 Å². The van der Waals surface area contributed by atoms with Crippen LogP contribution < -0.4 is 0 Å². The highest BCUT2D eigenvalue weighted by atomic mass is 19.4. The molecule has 0 amide bonds. The van der Waals surface area contributed by atoms with Crippen LogP contribution in [0.15, 0.2) is 0 Å². The zero-order chi connectivity index (χ0) is 18.8. The fourth-order valence-electron chi connectivity index (χ4n) is 5.09. The molecule has 2 aliphatic carbocycles. The molecule has 1 heterocycles. The molecule has 0 N–H and O–H groups in total. The Hall–Kier alpha value is -1.27. The Kier molecular flexibility index (Phi) is 4.16. The molecule has 1 saturated heterocycles. The summed E-state index contributed by atoms with van der Waals surface area (Å²) in [6.07, 6.45) is -5.22. The van der Waals surface area contributed by atoms with Gasteiger partial charge in [0.05, 0.1) is 5.41 Å². The zero-order valence-electron chi connectivity index (χ0n) is 15.0. The standard InChI is InChI=1S/C18H25F3O4/c1-5-16(4,7-9(2)3)14(22)24-12-10-6-11-13(12)25-15(23)17(11,8-10)18(19,20)21/h9-13H,5-8H2,1-4H3. The van der Waals surface area contributed by atoms with E-state index in [2.05, 4.69) is 0 Å². The first-order chi connectivity index (χ1) is 11.5. The Morgan fingerprint density at radius 2 is 2.04 bits per heavy atom. The molecule has 0 spiro atoms. The summed E-state index contributed by atoms with van der Waals surface area (Å²) in [6, 6.07) is 0. The van der Waals surface area contributed by atoms with E-state index in [0.717, 1.165) is 0 Å². The molecule has 0 aromatic heterocycles. The van der Waals surface area contributed by atoms with Crippen molar-refractivity contribution in [3.05, 3.63) is 0 Å². The van der Waals surface area contributed by atoms with Crippen molar-refractivity contribution in [1.82, 2.24) is 0 Å². The fraction of sp³-hybridized carbons (Fsp3) is 0.889. The average molecular weight is 362 g/mol. The van der Waals surface area contributed by atoms with Gasteiger partial charge in [0.2, 0.25) is 0 Å². The summed E-state index contributed by atoms with van der Waals surface area (Å²) in [4.78, 5) is 24.7. The van der Waals surface area contributed by atoms with E-state index in [-0.39, 0.29) is 12.8 Å². The molecule has 6 atom stereocenters. The number of rotatable bonds is 5. The lowest BCUT2D eigenvalue weighted by Gasteiger charge is -2.35. The monoisotopic (exact) mass is 362 g/mol. The Bertz CT molecular complexity index is 587. The van der Waals surface area contributed by atoms with Gasteiger partial charge in [0.15, 0.2) is 5.41 Å². The maximum absolute atomic E-state index is 13.5. The maximum atomic E-state index is 13.5. The topological polar surface area (TPSA) is 52.6 Å². The lowest BCUT2D eigenvalue weighted by Crippen LogP contribution is -2.49. The van der Waals surface area contributed by atoms with Gasteiger partial charge < -0.3 is 9.47 Å². The Balaban J connectivity index is 1.78. The van der Waals surface area contributed by atoms with Crippen molar-refractivity contribution < 1.29 is 32.2 Å². The molecule has 3 fully saturated rings. The largest absolute Gasteiger partial charge is 0.458 e. The minimum atomic E-state index is -4.62. The van der Waals surface area contributed by atoms with Gasteiger partial charge in [-0.05, 0) is 38.5 Å². The number of fused-ring (bicyclic) bond motifs is 1. The van der Waals surface area contributed by atoms with Crippen molar-refractivity contribution in [3.63, 3.8) is 0 Å². The SMILES string of the molecule is CCC(C)(CC(C)C)C(=O)OC1C2CC3C1OC(=O)C3(C(F)(F)F)C2. The van der Waals surface area contributed by atoms with Gasteiger partial charge in [0, 0.05) is 11.8 Å². The minimum Gasteiger partial charge on any atom is -0.458 e. The quantitative estimate of drug-likeness (QED) is 0.697. The molecule has 0 aromatic rings. The summed E-state index contributed by atoms with van der Waals surface area (Å²) in [5.74, 6) is -2.70. The molecule has 1 aliphatic heterocycles. The highest BCUT2D eigenvalue weighted by Gasteiger charge is 2.80. The second kappa shape index (κ2) is 5.61. The third-order valence-electron chi connectivity index (χ3n) is 6.45. The van der Waals surface area contributed by atoms with Crippen LogP contribution in [-0.4, -0.2) is 30.3 Å². The highest BCUT2D eigenvalue weighted by Crippen LogP contribution is 2.67. The number of esters is 2. The van der Waals surface area contributed by atoms with Crippen LogP contribution in [0.2, 0.25) is 0 Å². The van der Waals surface area contributed by atoms with Crippen LogP contribution in [0.5, 0.6) is 0 Å². The number of carbonyl (C=O) groups is 2. The van der Waals surface area contributed by atoms with Crippen LogP contribution >= 0.6 is 0 Å². The van der Waals surface area contributed by atoms with E-state index in [9.17, 15) is 22.8 Å². The number of ether oxygens (including phenoxy) is 2.